The van der Waals surface area contributed by atoms with E-state index in [1.54, 1.807) is 0 Å². The number of rotatable bonds is 3. The van der Waals surface area contributed by atoms with Gasteiger partial charge in [-0.15, -0.1) is 11.1 Å². The molecule has 0 aromatic rings. The smallest absolute Gasteiger partial charge is 0.199 e. The third-order valence-electron chi connectivity index (χ3n) is 2.37. The van der Waals surface area contributed by atoms with E-state index in [0.717, 1.165) is 0 Å². The lowest BCUT2D eigenvalue weighted by Crippen LogP contribution is -2.81. The lowest BCUT2D eigenvalue weighted by atomic mass is 10.6. The molecule has 0 aliphatic rings. The van der Waals surface area contributed by atoms with E-state index < -0.39 is 42.5 Å². The number of halogens is 16. The number of hydrogen-bond donors (Lipinski definition) is 0. The second kappa shape index (κ2) is 5.22. The van der Waals surface area contributed by atoms with Crippen molar-refractivity contribution < 1.29 is 65.9 Å². The predicted molar refractivity (Wildman–Crippen MR) is 44.6 cm³/mol. The summed E-state index contributed by atoms with van der Waals surface area (Å²) in [5.41, 5.74) is -23.6. The van der Waals surface area contributed by atoms with Crippen LogP contribution >= 0.6 is 11.1 Å². The van der Waals surface area contributed by atoms with Gasteiger partial charge in [-0.2, -0.15) is 65.9 Å². The van der Waals surface area contributed by atoms with Crippen molar-refractivity contribution in [2.75, 3.05) is 0 Å². The Labute approximate surface area is 120 Å². The SMILES string of the molecule is FC(F)(F)C(F)(F)[Si](Cl)(C(F)(F)C(F)(F)F)C(F)(F)C(F)(F)F. The molecule has 0 saturated carbocycles. The van der Waals surface area contributed by atoms with Crippen molar-refractivity contribution in [3.8, 4) is 0 Å². The fourth-order valence-corrected chi connectivity index (χ4v) is 4.50. The molecule has 0 aliphatic heterocycles. The topological polar surface area (TPSA) is 0 Å². The average Bonchev–Trinajstić information content (AvgIpc) is 2.22. The van der Waals surface area contributed by atoms with E-state index >= 15 is 0 Å². The minimum atomic E-state index is -9.74. The predicted octanol–water partition coefficient (Wildman–Crippen LogP) is 5.38. The van der Waals surface area contributed by atoms with Crippen LogP contribution in [-0.2, 0) is 0 Å². The first kappa shape index (κ1) is 22.5. The summed E-state index contributed by atoms with van der Waals surface area (Å²) in [6, 6.07) is 0. The van der Waals surface area contributed by atoms with E-state index in [1.165, 1.54) is 0 Å². The maximum absolute atomic E-state index is 12.9. The van der Waals surface area contributed by atoms with Crippen LogP contribution < -0.4 is 0 Å². The number of alkyl halides is 15. The summed E-state index contributed by atoms with van der Waals surface area (Å²) in [5.74, 6) is 0. The molecule has 0 unspecified atom stereocenters. The van der Waals surface area contributed by atoms with Gasteiger partial charge in [-0.05, 0) is 0 Å². The zero-order valence-corrected chi connectivity index (χ0v) is 11.3. The highest BCUT2D eigenvalue weighted by atomic mass is 35.6. The fraction of sp³-hybridized carbons (Fsp3) is 1.00. The van der Waals surface area contributed by atoms with Crippen molar-refractivity contribution >= 4 is 18.5 Å². The zero-order chi connectivity index (χ0) is 19.5. The quantitative estimate of drug-likeness (QED) is 0.327. The summed E-state index contributed by atoms with van der Waals surface area (Å²) >= 11 is 3.60. The second-order valence-corrected chi connectivity index (χ2v) is 8.78. The molecule has 0 nitrogen and oxygen atoms in total. The van der Waals surface area contributed by atoms with Gasteiger partial charge in [0.25, 0.3) is 0 Å². The normalized spacial score (nSPS) is 16.7. The van der Waals surface area contributed by atoms with Crippen LogP contribution in [0.2, 0.25) is 0 Å². The molecule has 0 atom stereocenters. The third kappa shape index (κ3) is 2.84. The molecule has 0 aromatic heterocycles. The minimum Gasteiger partial charge on any atom is -0.199 e. The molecular weight excluding hydrogens is 421 g/mol. The molecular formula is C6ClF15Si. The Balaban J connectivity index is 6.97. The molecule has 0 aliphatic carbocycles. The van der Waals surface area contributed by atoms with Gasteiger partial charge in [-0.3, -0.25) is 0 Å². The Bertz CT molecular complexity index is 376. The van der Waals surface area contributed by atoms with Gasteiger partial charge in [0.1, 0.15) is 0 Å². The van der Waals surface area contributed by atoms with E-state index in [2.05, 4.69) is 11.1 Å². The Kier molecular flexibility index (Phi) is 5.10. The summed E-state index contributed by atoms with van der Waals surface area (Å²) in [5, 5.41) is 0. The van der Waals surface area contributed by atoms with E-state index in [4.69, 9.17) is 0 Å². The van der Waals surface area contributed by atoms with E-state index in [0.29, 0.717) is 0 Å². The standard InChI is InChI=1S/C6ClF15Si/c7-23(4(17,18)1(8,9)10,5(19,20)2(11,12)13)6(21,22)3(14,15)16. The molecule has 0 saturated heterocycles. The molecule has 140 valence electrons. The molecule has 0 amide bonds. The Morgan fingerprint density at radius 1 is 0.391 bits per heavy atom. The Hall–Kier alpha value is -0.543. The second-order valence-electron chi connectivity index (χ2n) is 3.87. The molecule has 0 aromatic carbocycles. The first-order valence-corrected chi connectivity index (χ1v) is 7.54. The molecule has 17 heteroatoms. The van der Waals surface area contributed by atoms with E-state index in [1.807, 2.05) is 0 Å². The Morgan fingerprint density at radius 2 is 0.522 bits per heavy atom. The van der Waals surface area contributed by atoms with Crippen LogP contribution in [0.3, 0.4) is 0 Å². The van der Waals surface area contributed by atoms with Crippen LogP contribution in [0.4, 0.5) is 65.9 Å². The first-order chi connectivity index (χ1) is 9.50. The molecule has 0 rings (SSSR count). The van der Waals surface area contributed by atoms with Gasteiger partial charge >= 0.3 is 42.5 Å². The van der Waals surface area contributed by atoms with Gasteiger partial charge in [0.05, 0.1) is 0 Å². The monoisotopic (exact) mass is 420 g/mol. The van der Waals surface area contributed by atoms with Crippen molar-refractivity contribution in [2.45, 2.75) is 35.2 Å². The van der Waals surface area contributed by atoms with Crippen LogP contribution in [0.1, 0.15) is 0 Å². The summed E-state index contributed by atoms with van der Waals surface area (Å²) in [6.07, 6.45) is -22.9. The van der Waals surface area contributed by atoms with Crippen molar-refractivity contribution in [1.29, 1.82) is 0 Å². The summed E-state index contributed by atoms with van der Waals surface area (Å²) in [6.45, 7) is 0. The van der Waals surface area contributed by atoms with Crippen LogP contribution in [-0.4, -0.2) is 42.5 Å². The lowest BCUT2D eigenvalue weighted by Gasteiger charge is -2.43. The largest absolute Gasteiger partial charge is 0.450 e. The highest BCUT2D eigenvalue weighted by Crippen LogP contribution is 2.63. The lowest BCUT2D eigenvalue weighted by molar-refractivity contribution is -0.300. The minimum absolute atomic E-state index is 3.60. The maximum atomic E-state index is 12.9. The van der Waals surface area contributed by atoms with Crippen LogP contribution in [0, 0.1) is 0 Å². The van der Waals surface area contributed by atoms with Gasteiger partial charge in [-0.1, -0.05) is 0 Å². The van der Waals surface area contributed by atoms with E-state index in [9.17, 15) is 65.9 Å². The van der Waals surface area contributed by atoms with Gasteiger partial charge in [0.2, 0.25) is 0 Å². The molecule has 0 bridgehead atoms. The average molecular weight is 421 g/mol. The molecule has 0 fully saturated rings. The molecule has 23 heavy (non-hydrogen) atoms. The van der Waals surface area contributed by atoms with Crippen molar-refractivity contribution in [3.05, 3.63) is 0 Å². The van der Waals surface area contributed by atoms with Crippen LogP contribution in [0.25, 0.3) is 0 Å². The van der Waals surface area contributed by atoms with Gasteiger partial charge in [0.15, 0.2) is 0 Å². The Morgan fingerprint density at radius 3 is 0.609 bits per heavy atom. The van der Waals surface area contributed by atoms with Gasteiger partial charge in [0, 0.05) is 0 Å². The van der Waals surface area contributed by atoms with Crippen LogP contribution in [0.5, 0.6) is 0 Å². The summed E-state index contributed by atoms with van der Waals surface area (Å²) < 4.78 is 185. The van der Waals surface area contributed by atoms with Gasteiger partial charge < -0.3 is 0 Å². The van der Waals surface area contributed by atoms with Crippen molar-refractivity contribution in [1.82, 2.24) is 0 Å². The van der Waals surface area contributed by atoms with Crippen LogP contribution in [0.15, 0.2) is 0 Å². The highest BCUT2D eigenvalue weighted by molar-refractivity contribution is 7.24. The first-order valence-electron chi connectivity index (χ1n) is 4.52. The number of hydrogen-bond acceptors (Lipinski definition) is 0. The van der Waals surface area contributed by atoms with Crippen molar-refractivity contribution in [2.24, 2.45) is 0 Å². The highest BCUT2D eigenvalue weighted by Gasteiger charge is 2.98. The molecule has 0 radical (unpaired) electrons. The summed E-state index contributed by atoms with van der Waals surface area (Å²) in [7, 11) is -9.74. The molecule has 0 N–H and O–H groups in total. The summed E-state index contributed by atoms with van der Waals surface area (Å²) in [4.78, 5) is 0. The van der Waals surface area contributed by atoms with Gasteiger partial charge in [-0.25, -0.2) is 0 Å². The zero-order valence-electron chi connectivity index (χ0n) is 9.55. The van der Waals surface area contributed by atoms with E-state index in [-0.39, 0.29) is 0 Å². The fourth-order valence-electron chi connectivity index (χ4n) is 1.18. The van der Waals surface area contributed by atoms with Crippen molar-refractivity contribution in [3.63, 3.8) is 0 Å². The third-order valence-corrected chi connectivity index (χ3v) is 7.95. The maximum Gasteiger partial charge on any atom is 0.450 e. The molecule has 0 heterocycles. The molecule has 0 spiro atoms.